The summed E-state index contributed by atoms with van der Waals surface area (Å²) in [4.78, 5) is 13.5. The normalized spacial score (nSPS) is 23.7. The number of hydrogen-bond donors (Lipinski definition) is 1. The van der Waals surface area contributed by atoms with Crippen LogP contribution in [0.3, 0.4) is 0 Å². The highest BCUT2D eigenvalue weighted by molar-refractivity contribution is 5.78. The standard InChI is InChI=1S/C15H21NO3/c1-15(14(17)18)7-4-8-16(15)10-12-5-3-6-13(9-12)11-19-2/h3,5-6,9H,4,7-8,10-11H2,1-2H3,(H,17,18). The smallest absolute Gasteiger partial charge is 0.323 e. The number of nitrogens with zero attached hydrogens (tertiary/aromatic N) is 1. The van der Waals surface area contributed by atoms with E-state index in [4.69, 9.17) is 4.74 Å². The van der Waals surface area contributed by atoms with Crippen LogP contribution in [0.4, 0.5) is 0 Å². The topological polar surface area (TPSA) is 49.8 Å². The van der Waals surface area contributed by atoms with Gasteiger partial charge in [0.25, 0.3) is 0 Å². The molecule has 1 heterocycles. The number of carboxylic acid groups (broad SMARTS) is 1. The van der Waals surface area contributed by atoms with E-state index in [-0.39, 0.29) is 0 Å². The van der Waals surface area contributed by atoms with Crippen molar-refractivity contribution in [3.63, 3.8) is 0 Å². The summed E-state index contributed by atoms with van der Waals surface area (Å²) < 4.78 is 5.12. The second-order valence-electron chi connectivity index (χ2n) is 5.36. The molecule has 1 aromatic rings. The van der Waals surface area contributed by atoms with Crippen molar-refractivity contribution in [1.29, 1.82) is 0 Å². The van der Waals surface area contributed by atoms with Crippen LogP contribution in [0.25, 0.3) is 0 Å². The zero-order chi connectivity index (χ0) is 13.9. The molecule has 1 atom stereocenters. The Morgan fingerprint density at radius 1 is 1.47 bits per heavy atom. The zero-order valence-electron chi connectivity index (χ0n) is 11.6. The van der Waals surface area contributed by atoms with Gasteiger partial charge in [0.05, 0.1) is 6.61 Å². The largest absolute Gasteiger partial charge is 0.480 e. The van der Waals surface area contributed by atoms with Gasteiger partial charge in [0.15, 0.2) is 0 Å². The van der Waals surface area contributed by atoms with Crippen LogP contribution in [-0.2, 0) is 22.7 Å². The van der Waals surface area contributed by atoms with Crippen molar-refractivity contribution in [2.75, 3.05) is 13.7 Å². The van der Waals surface area contributed by atoms with Gasteiger partial charge in [0, 0.05) is 13.7 Å². The molecule has 1 aliphatic heterocycles. The van der Waals surface area contributed by atoms with Gasteiger partial charge in [-0.1, -0.05) is 24.3 Å². The molecule has 0 aliphatic carbocycles. The summed E-state index contributed by atoms with van der Waals surface area (Å²) in [6.45, 7) is 3.93. The first-order chi connectivity index (χ1) is 9.06. The van der Waals surface area contributed by atoms with Crippen LogP contribution in [0.5, 0.6) is 0 Å². The van der Waals surface area contributed by atoms with Crippen molar-refractivity contribution < 1.29 is 14.6 Å². The zero-order valence-corrected chi connectivity index (χ0v) is 11.6. The van der Waals surface area contributed by atoms with Gasteiger partial charge in [0.1, 0.15) is 5.54 Å². The molecule has 0 bridgehead atoms. The fourth-order valence-electron chi connectivity index (χ4n) is 2.72. The van der Waals surface area contributed by atoms with Crippen LogP contribution in [0.1, 0.15) is 30.9 Å². The molecule has 4 nitrogen and oxygen atoms in total. The third-order valence-corrected chi connectivity index (χ3v) is 3.93. The minimum Gasteiger partial charge on any atom is -0.480 e. The van der Waals surface area contributed by atoms with Gasteiger partial charge in [-0.2, -0.15) is 0 Å². The van der Waals surface area contributed by atoms with Gasteiger partial charge in [-0.3, -0.25) is 9.69 Å². The van der Waals surface area contributed by atoms with Gasteiger partial charge in [-0.05, 0) is 37.4 Å². The van der Waals surface area contributed by atoms with E-state index in [1.165, 1.54) is 0 Å². The molecule has 1 unspecified atom stereocenters. The lowest BCUT2D eigenvalue weighted by Crippen LogP contribution is -2.47. The van der Waals surface area contributed by atoms with E-state index in [1.54, 1.807) is 7.11 Å². The summed E-state index contributed by atoms with van der Waals surface area (Å²) >= 11 is 0. The minimum absolute atomic E-state index is 0.587. The van der Waals surface area contributed by atoms with E-state index < -0.39 is 11.5 Å². The Balaban J connectivity index is 2.12. The number of ether oxygens (including phenoxy) is 1. The van der Waals surface area contributed by atoms with Crippen LogP contribution in [0, 0.1) is 0 Å². The van der Waals surface area contributed by atoms with E-state index in [0.29, 0.717) is 13.2 Å². The summed E-state index contributed by atoms with van der Waals surface area (Å²) in [6.07, 6.45) is 1.67. The summed E-state index contributed by atoms with van der Waals surface area (Å²) in [6, 6.07) is 8.15. The van der Waals surface area contributed by atoms with Crippen molar-refractivity contribution in [2.45, 2.75) is 38.5 Å². The van der Waals surface area contributed by atoms with Crippen molar-refractivity contribution in [1.82, 2.24) is 4.90 Å². The minimum atomic E-state index is -0.725. The van der Waals surface area contributed by atoms with Gasteiger partial charge >= 0.3 is 5.97 Å². The number of carbonyl (C=O) groups is 1. The van der Waals surface area contributed by atoms with Crippen LogP contribution in [0.15, 0.2) is 24.3 Å². The van der Waals surface area contributed by atoms with Crippen molar-refractivity contribution in [3.8, 4) is 0 Å². The molecule has 1 aliphatic rings. The molecular formula is C15H21NO3. The van der Waals surface area contributed by atoms with E-state index in [2.05, 4.69) is 11.0 Å². The number of carboxylic acids is 1. The SMILES string of the molecule is COCc1cccc(CN2CCCC2(C)C(=O)O)c1. The highest BCUT2D eigenvalue weighted by atomic mass is 16.5. The predicted molar refractivity (Wildman–Crippen MR) is 72.8 cm³/mol. The lowest BCUT2D eigenvalue weighted by Gasteiger charge is -2.31. The number of aliphatic carboxylic acids is 1. The maximum Gasteiger partial charge on any atom is 0.323 e. The average Bonchev–Trinajstić information content (AvgIpc) is 2.73. The molecule has 1 fully saturated rings. The summed E-state index contributed by atoms with van der Waals surface area (Å²) in [5.41, 5.74) is 1.54. The highest BCUT2D eigenvalue weighted by Gasteiger charge is 2.43. The Morgan fingerprint density at radius 3 is 2.89 bits per heavy atom. The molecule has 19 heavy (non-hydrogen) atoms. The second-order valence-corrected chi connectivity index (χ2v) is 5.36. The van der Waals surface area contributed by atoms with Crippen molar-refractivity contribution in [2.24, 2.45) is 0 Å². The Kier molecular flexibility index (Phi) is 4.22. The molecule has 0 aromatic heterocycles. The first kappa shape index (κ1) is 14.0. The van der Waals surface area contributed by atoms with Gasteiger partial charge in [-0.25, -0.2) is 0 Å². The fraction of sp³-hybridized carbons (Fsp3) is 0.533. The first-order valence-corrected chi connectivity index (χ1v) is 6.61. The molecule has 0 radical (unpaired) electrons. The van der Waals surface area contributed by atoms with E-state index in [1.807, 2.05) is 25.1 Å². The van der Waals surface area contributed by atoms with Crippen molar-refractivity contribution >= 4 is 5.97 Å². The molecule has 1 aromatic carbocycles. The number of benzene rings is 1. The molecule has 104 valence electrons. The number of hydrogen-bond acceptors (Lipinski definition) is 3. The lowest BCUT2D eigenvalue weighted by molar-refractivity contribution is -0.148. The molecular weight excluding hydrogens is 242 g/mol. The Morgan fingerprint density at radius 2 is 2.21 bits per heavy atom. The maximum atomic E-state index is 11.4. The molecule has 0 spiro atoms. The van der Waals surface area contributed by atoms with E-state index in [0.717, 1.165) is 30.5 Å². The Hall–Kier alpha value is -1.39. The van der Waals surface area contributed by atoms with Crippen molar-refractivity contribution in [3.05, 3.63) is 35.4 Å². The van der Waals surface area contributed by atoms with Gasteiger partial charge < -0.3 is 9.84 Å². The van der Waals surface area contributed by atoms with Gasteiger partial charge in [-0.15, -0.1) is 0 Å². The molecule has 4 heteroatoms. The number of rotatable bonds is 5. The molecule has 0 amide bonds. The Bertz CT molecular complexity index is 460. The van der Waals surface area contributed by atoms with Crippen LogP contribution in [-0.4, -0.2) is 35.2 Å². The monoisotopic (exact) mass is 263 g/mol. The highest BCUT2D eigenvalue weighted by Crippen LogP contribution is 2.30. The summed E-state index contributed by atoms with van der Waals surface area (Å²) in [5, 5.41) is 9.40. The second kappa shape index (κ2) is 5.72. The quantitative estimate of drug-likeness (QED) is 0.885. The van der Waals surface area contributed by atoms with Crippen LogP contribution < -0.4 is 0 Å². The lowest BCUT2D eigenvalue weighted by atomic mass is 9.98. The van der Waals surface area contributed by atoms with E-state index >= 15 is 0 Å². The molecule has 0 saturated carbocycles. The third kappa shape index (κ3) is 2.96. The van der Waals surface area contributed by atoms with Crippen LogP contribution >= 0.6 is 0 Å². The maximum absolute atomic E-state index is 11.4. The summed E-state index contributed by atoms with van der Waals surface area (Å²) in [5.74, 6) is -0.724. The predicted octanol–water partition coefficient (Wildman–Crippen LogP) is 2.27. The number of methoxy groups -OCH3 is 1. The first-order valence-electron chi connectivity index (χ1n) is 6.61. The van der Waals surface area contributed by atoms with E-state index in [9.17, 15) is 9.90 Å². The summed E-state index contributed by atoms with van der Waals surface area (Å²) in [7, 11) is 1.68. The molecule has 2 rings (SSSR count). The fourth-order valence-corrected chi connectivity index (χ4v) is 2.72. The Labute approximate surface area is 114 Å². The average molecular weight is 263 g/mol. The van der Waals surface area contributed by atoms with Crippen LogP contribution in [0.2, 0.25) is 0 Å². The third-order valence-electron chi connectivity index (χ3n) is 3.93. The molecule has 1 N–H and O–H groups in total. The van der Waals surface area contributed by atoms with Gasteiger partial charge in [0.2, 0.25) is 0 Å². The molecule has 1 saturated heterocycles. The number of likely N-dealkylation sites (tertiary alicyclic amines) is 1.